The molecule has 1 heterocycles. The molecule has 3 N–H and O–H groups in total. The van der Waals surface area contributed by atoms with Crippen LogP contribution in [-0.2, 0) is 13.0 Å². The molecule has 17 heavy (non-hydrogen) atoms. The van der Waals surface area contributed by atoms with Gasteiger partial charge in [0.15, 0.2) is 0 Å². The summed E-state index contributed by atoms with van der Waals surface area (Å²) >= 11 is 0. The van der Waals surface area contributed by atoms with E-state index in [0.29, 0.717) is 18.9 Å². The van der Waals surface area contributed by atoms with Gasteiger partial charge in [-0.2, -0.15) is 0 Å². The standard InChI is InChI=1S/C13H16N2O2/c1-9-12(6-7-16)15-13(17-9)11-4-2-10(8-14)3-5-11/h2-5,16H,6-8,14H2,1H3. The molecule has 90 valence electrons. The van der Waals surface area contributed by atoms with Crippen LogP contribution in [0.2, 0.25) is 0 Å². The van der Waals surface area contributed by atoms with Gasteiger partial charge in [-0.25, -0.2) is 4.98 Å². The largest absolute Gasteiger partial charge is 0.441 e. The summed E-state index contributed by atoms with van der Waals surface area (Å²) < 4.78 is 5.57. The first-order valence-corrected chi connectivity index (χ1v) is 5.61. The molecule has 1 aromatic carbocycles. The number of nitrogens with zero attached hydrogens (tertiary/aromatic N) is 1. The van der Waals surface area contributed by atoms with E-state index in [-0.39, 0.29) is 6.61 Å². The molecule has 0 atom stereocenters. The molecule has 4 nitrogen and oxygen atoms in total. The Bertz CT molecular complexity index is 489. The summed E-state index contributed by atoms with van der Waals surface area (Å²) in [5, 5.41) is 8.90. The molecule has 0 radical (unpaired) electrons. The minimum atomic E-state index is 0.0823. The average Bonchev–Trinajstić information content (AvgIpc) is 2.72. The van der Waals surface area contributed by atoms with E-state index in [1.807, 2.05) is 31.2 Å². The van der Waals surface area contributed by atoms with Crippen molar-refractivity contribution < 1.29 is 9.52 Å². The van der Waals surface area contributed by atoms with Gasteiger partial charge in [0.25, 0.3) is 0 Å². The van der Waals surface area contributed by atoms with Gasteiger partial charge in [-0.3, -0.25) is 0 Å². The monoisotopic (exact) mass is 232 g/mol. The minimum absolute atomic E-state index is 0.0823. The Hall–Kier alpha value is -1.65. The van der Waals surface area contributed by atoms with Gasteiger partial charge in [0.2, 0.25) is 5.89 Å². The second-order valence-electron chi connectivity index (χ2n) is 3.90. The number of hydrogen-bond acceptors (Lipinski definition) is 4. The van der Waals surface area contributed by atoms with Crippen molar-refractivity contribution >= 4 is 0 Å². The van der Waals surface area contributed by atoms with Gasteiger partial charge in [-0.05, 0) is 24.6 Å². The van der Waals surface area contributed by atoms with Gasteiger partial charge in [-0.15, -0.1) is 0 Å². The molecule has 0 aliphatic rings. The van der Waals surface area contributed by atoms with Gasteiger partial charge in [0.1, 0.15) is 5.76 Å². The number of aliphatic hydroxyl groups is 1. The quantitative estimate of drug-likeness (QED) is 0.840. The molecular weight excluding hydrogens is 216 g/mol. The summed E-state index contributed by atoms with van der Waals surface area (Å²) in [6.07, 6.45) is 0.524. The topological polar surface area (TPSA) is 72.3 Å². The molecule has 4 heteroatoms. The summed E-state index contributed by atoms with van der Waals surface area (Å²) in [4.78, 5) is 4.37. The highest BCUT2D eigenvalue weighted by molar-refractivity contribution is 5.54. The van der Waals surface area contributed by atoms with E-state index in [9.17, 15) is 0 Å². The Morgan fingerprint density at radius 1 is 1.29 bits per heavy atom. The Kier molecular flexibility index (Phi) is 3.56. The highest BCUT2D eigenvalue weighted by atomic mass is 16.4. The van der Waals surface area contributed by atoms with Gasteiger partial charge in [0, 0.05) is 25.1 Å². The maximum atomic E-state index is 8.90. The fraction of sp³-hybridized carbons (Fsp3) is 0.308. The zero-order chi connectivity index (χ0) is 12.3. The molecule has 0 bridgehead atoms. The lowest BCUT2D eigenvalue weighted by atomic mass is 10.1. The van der Waals surface area contributed by atoms with Crippen LogP contribution in [0.25, 0.3) is 11.5 Å². The van der Waals surface area contributed by atoms with Gasteiger partial charge in [-0.1, -0.05) is 12.1 Å². The molecule has 0 spiro atoms. The molecular formula is C13H16N2O2. The molecule has 2 aromatic rings. The number of hydrogen-bond donors (Lipinski definition) is 2. The lowest BCUT2D eigenvalue weighted by Crippen LogP contribution is -1.95. The van der Waals surface area contributed by atoms with Crippen molar-refractivity contribution in [1.29, 1.82) is 0 Å². The van der Waals surface area contributed by atoms with E-state index in [2.05, 4.69) is 4.98 Å². The zero-order valence-electron chi connectivity index (χ0n) is 9.81. The van der Waals surface area contributed by atoms with E-state index < -0.39 is 0 Å². The van der Waals surface area contributed by atoms with Crippen molar-refractivity contribution in [3.8, 4) is 11.5 Å². The number of aromatic nitrogens is 1. The van der Waals surface area contributed by atoms with Crippen molar-refractivity contribution in [2.24, 2.45) is 5.73 Å². The number of aryl methyl sites for hydroxylation is 1. The fourth-order valence-corrected chi connectivity index (χ4v) is 1.67. The van der Waals surface area contributed by atoms with Crippen molar-refractivity contribution in [2.45, 2.75) is 19.9 Å². The van der Waals surface area contributed by atoms with E-state index in [1.165, 1.54) is 0 Å². The smallest absolute Gasteiger partial charge is 0.226 e. The van der Waals surface area contributed by atoms with Gasteiger partial charge in [0.05, 0.1) is 5.69 Å². The molecule has 0 saturated heterocycles. The van der Waals surface area contributed by atoms with Gasteiger partial charge < -0.3 is 15.3 Å². The zero-order valence-corrected chi connectivity index (χ0v) is 9.81. The summed E-state index contributed by atoms with van der Waals surface area (Å²) in [5.41, 5.74) is 8.35. The Morgan fingerprint density at radius 3 is 2.59 bits per heavy atom. The maximum Gasteiger partial charge on any atom is 0.226 e. The predicted molar refractivity (Wildman–Crippen MR) is 65.4 cm³/mol. The minimum Gasteiger partial charge on any atom is -0.441 e. The van der Waals surface area contributed by atoms with E-state index in [1.54, 1.807) is 0 Å². The van der Waals surface area contributed by atoms with Crippen molar-refractivity contribution in [1.82, 2.24) is 4.98 Å². The van der Waals surface area contributed by atoms with Crippen molar-refractivity contribution in [2.75, 3.05) is 6.61 Å². The SMILES string of the molecule is Cc1oc(-c2ccc(CN)cc2)nc1CCO. The van der Waals surface area contributed by atoms with Crippen LogP contribution >= 0.6 is 0 Å². The van der Waals surface area contributed by atoms with Crippen molar-refractivity contribution in [3.05, 3.63) is 41.3 Å². The van der Waals surface area contributed by atoms with Crippen molar-refractivity contribution in [3.63, 3.8) is 0 Å². The van der Waals surface area contributed by atoms with Crippen LogP contribution in [0, 0.1) is 6.92 Å². The van der Waals surface area contributed by atoms with Crippen LogP contribution in [0.4, 0.5) is 0 Å². The lowest BCUT2D eigenvalue weighted by Gasteiger charge is -1.98. The third kappa shape index (κ3) is 2.54. The fourth-order valence-electron chi connectivity index (χ4n) is 1.67. The lowest BCUT2D eigenvalue weighted by molar-refractivity contribution is 0.297. The van der Waals surface area contributed by atoms with Gasteiger partial charge >= 0.3 is 0 Å². The molecule has 0 unspecified atom stereocenters. The highest BCUT2D eigenvalue weighted by Gasteiger charge is 2.10. The first-order valence-electron chi connectivity index (χ1n) is 5.61. The Morgan fingerprint density at radius 2 is 2.00 bits per heavy atom. The summed E-state index contributed by atoms with van der Waals surface area (Å²) in [6.45, 7) is 2.47. The molecule has 0 aliphatic carbocycles. The van der Waals surface area contributed by atoms with Crippen LogP contribution in [0.1, 0.15) is 17.0 Å². The number of aliphatic hydroxyl groups excluding tert-OH is 1. The molecule has 0 aliphatic heterocycles. The summed E-state index contributed by atoms with van der Waals surface area (Å²) in [6, 6.07) is 7.80. The van der Waals surface area contributed by atoms with Crippen LogP contribution in [0.3, 0.4) is 0 Å². The Balaban J connectivity index is 2.29. The third-order valence-corrected chi connectivity index (χ3v) is 2.68. The average molecular weight is 232 g/mol. The molecule has 0 saturated carbocycles. The second kappa shape index (κ2) is 5.12. The van der Waals surface area contributed by atoms with Crippen LogP contribution in [0.15, 0.2) is 28.7 Å². The van der Waals surface area contributed by atoms with E-state index in [4.69, 9.17) is 15.3 Å². The van der Waals surface area contributed by atoms with Crippen LogP contribution < -0.4 is 5.73 Å². The molecule has 2 rings (SSSR count). The predicted octanol–water partition coefficient (Wildman–Crippen LogP) is 1.64. The van der Waals surface area contributed by atoms with E-state index >= 15 is 0 Å². The molecule has 1 aromatic heterocycles. The number of rotatable bonds is 4. The maximum absolute atomic E-state index is 8.90. The summed E-state index contributed by atoms with van der Waals surface area (Å²) in [5.74, 6) is 1.35. The Labute approximate surface area is 100 Å². The molecule has 0 fully saturated rings. The highest BCUT2D eigenvalue weighted by Crippen LogP contribution is 2.22. The summed E-state index contributed by atoms with van der Waals surface area (Å²) in [7, 11) is 0. The second-order valence-corrected chi connectivity index (χ2v) is 3.90. The third-order valence-electron chi connectivity index (χ3n) is 2.68. The number of benzene rings is 1. The number of oxazole rings is 1. The first-order chi connectivity index (χ1) is 8.24. The van der Waals surface area contributed by atoms with Crippen LogP contribution in [0.5, 0.6) is 0 Å². The number of nitrogens with two attached hydrogens (primary N) is 1. The normalized spacial score (nSPS) is 10.8. The molecule has 0 amide bonds. The first kappa shape index (κ1) is 11.8. The van der Waals surface area contributed by atoms with E-state index in [0.717, 1.165) is 22.6 Å². The van der Waals surface area contributed by atoms with Crippen LogP contribution in [-0.4, -0.2) is 16.7 Å².